The Hall–Kier alpha value is -1.92. The molecule has 1 saturated heterocycles. The van der Waals surface area contributed by atoms with Crippen molar-refractivity contribution in [2.24, 2.45) is 5.41 Å². The minimum absolute atomic E-state index is 0.0108. The van der Waals surface area contributed by atoms with Crippen molar-refractivity contribution in [3.8, 4) is 0 Å². The molecule has 19 heavy (non-hydrogen) atoms. The molecule has 1 N–H and O–H groups in total. The fraction of sp³-hybridized carbons (Fsp3) is 0.667. The van der Waals surface area contributed by atoms with Gasteiger partial charge < -0.3 is 10.2 Å². The lowest BCUT2D eigenvalue weighted by Crippen LogP contribution is -2.25. The standard InChI is InChI=1S/C12H19N5O2/c1-8-9(17(18)19)10(15-11(13-4)14-8)16-6-5-12(2,3)7-16/h5-7H2,1-4H3,(H,13,14,15). The van der Waals surface area contributed by atoms with Crippen molar-refractivity contribution in [2.45, 2.75) is 27.2 Å². The number of nitro groups is 1. The van der Waals surface area contributed by atoms with Gasteiger partial charge in [0.1, 0.15) is 5.69 Å². The van der Waals surface area contributed by atoms with Crippen molar-refractivity contribution in [3.63, 3.8) is 0 Å². The van der Waals surface area contributed by atoms with Crippen LogP contribution >= 0.6 is 0 Å². The van der Waals surface area contributed by atoms with Gasteiger partial charge in [-0.05, 0) is 18.8 Å². The zero-order chi connectivity index (χ0) is 14.2. The van der Waals surface area contributed by atoms with Gasteiger partial charge in [-0.2, -0.15) is 4.98 Å². The number of aromatic nitrogens is 2. The smallest absolute Gasteiger partial charge is 0.332 e. The SMILES string of the molecule is CNc1nc(C)c([N+](=O)[O-])c(N2CCC(C)(C)C2)n1. The number of nitrogens with zero attached hydrogens (tertiary/aromatic N) is 4. The second-order valence-electron chi connectivity index (χ2n) is 5.65. The number of rotatable bonds is 3. The third-order valence-electron chi connectivity index (χ3n) is 3.42. The first-order chi connectivity index (χ1) is 8.84. The molecule has 2 rings (SSSR count). The van der Waals surface area contributed by atoms with Gasteiger partial charge >= 0.3 is 5.69 Å². The minimum atomic E-state index is -0.393. The third kappa shape index (κ3) is 2.59. The van der Waals surface area contributed by atoms with E-state index in [0.29, 0.717) is 17.5 Å². The molecule has 1 aromatic rings. The van der Waals surface area contributed by atoms with Gasteiger partial charge in [-0.1, -0.05) is 13.8 Å². The van der Waals surface area contributed by atoms with E-state index in [4.69, 9.17) is 0 Å². The highest BCUT2D eigenvalue weighted by molar-refractivity contribution is 5.63. The molecular formula is C12H19N5O2. The normalized spacial score (nSPS) is 17.6. The highest BCUT2D eigenvalue weighted by Gasteiger charge is 2.35. The van der Waals surface area contributed by atoms with Gasteiger partial charge in [0, 0.05) is 20.1 Å². The molecule has 1 aromatic heterocycles. The van der Waals surface area contributed by atoms with Crippen LogP contribution in [0.1, 0.15) is 26.0 Å². The summed E-state index contributed by atoms with van der Waals surface area (Å²) in [5, 5.41) is 14.1. The predicted molar refractivity (Wildman–Crippen MR) is 73.6 cm³/mol. The summed E-state index contributed by atoms with van der Waals surface area (Å²) in [6.45, 7) is 7.52. The van der Waals surface area contributed by atoms with Gasteiger partial charge in [-0.3, -0.25) is 10.1 Å². The highest BCUT2D eigenvalue weighted by atomic mass is 16.6. The molecule has 1 fully saturated rings. The van der Waals surface area contributed by atoms with Crippen LogP contribution in [0.25, 0.3) is 0 Å². The topological polar surface area (TPSA) is 84.2 Å². The van der Waals surface area contributed by atoms with E-state index in [1.807, 2.05) is 4.90 Å². The van der Waals surface area contributed by atoms with E-state index in [-0.39, 0.29) is 11.1 Å². The van der Waals surface area contributed by atoms with Crippen molar-refractivity contribution in [3.05, 3.63) is 15.8 Å². The number of hydrogen-bond acceptors (Lipinski definition) is 6. The summed E-state index contributed by atoms with van der Waals surface area (Å²) < 4.78 is 0. The summed E-state index contributed by atoms with van der Waals surface area (Å²) >= 11 is 0. The molecule has 0 bridgehead atoms. The monoisotopic (exact) mass is 265 g/mol. The van der Waals surface area contributed by atoms with Crippen LogP contribution in [-0.2, 0) is 0 Å². The number of aryl methyl sites for hydroxylation is 1. The average Bonchev–Trinajstić information content (AvgIpc) is 2.67. The van der Waals surface area contributed by atoms with E-state index >= 15 is 0 Å². The fourth-order valence-corrected chi connectivity index (χ4v) is 2.39. The molecule has 7 nitrogen and oxygen atoms in total. The maximum atomic E-state index is 11.2. The summed E-state index contributed by atoms with van der Waals surface area (Å²) in [4.78, 5) is 21.2. The van der Waals surface area contributed by atoms with Gasteiger partial charge in [-0.15, -0.1) is 0 Å². The first-order valence-electron chi connectivity index (χ1n) is 6.30. The van der Waals surface area contributed by atoms with Crippen LogP contribution in [0.15, 0.2) is 0 Å². The van der Waals surface area contributed by atoms with Crippen LogP contribution in [0, 0.1) is 22.5 Å². The van der Waals surface area contributed by atoms with Crippen molar-refractivity contribution >= 4 is 17.5 Å². The summed E-state index contributed by atoms with van der Waals surface area (Å²) in [7, 11) is 1.71. The quantitative estimate of drug-likeness (QED) is 0.664. The zero-order valence-corrected chi connectivity index (χ0v) is 11.7. The molecule has 7 heteroatoms. The Kier molecular flexibility index (Phi) is 3.30. The predicted octanol–water partition coefficient (Wildman–Crippen LogP) is 1.97. The van der Waals surface area contributed by atoms with E-state index in [1.165, 1.54) is 0 Å². The molecule has 1 aliphatic heterocycles. The molecule has 0 amide bonds. The van der Waals surface area contributed by atoms with Crippen LogP contribution in [0.5, 0.6) is 0 Å². The molecule has 2 heterocycles. The summed E-state index contributed by atoms with van der Waals surface area (Å²) in [5.41, 5.74) is 0.563. The Morgan fingerprint density at radius 3 is 2.58 bits per heavy atom. The van der Waals surface area contributed by atoms with E-state index in [9.17, 15) is 10.1 Å². The lowest BCUT2D eigenvalue weighted by molar-refractivity contribution is -0.385. The maximum absolute atomic E-state index is 11.2. The Morgan fingerprint density at radius 1 is 1.42 bits per heavy atom. The van der Waals surface area contributed by atoms with E-state index in [0.717, 1.165) is 19.5 Å². The molecule has 0 radical (unpaired) electrons. The molecule has 0 atom stereocenters. The van der Waals surface area contributed by atoms with Crippen molar-refractivity contribution in [1.29, 1.82) is 0 Å². The van der Waals surface area contributed by atoms with Crippen LogP contribution < -0.4 is 10.2 Å². The first-order valence-corrected chi connectivity index (χ1v) is 6.30. The van der Waals surface area contributed by atoms with Crippen LogP contribution in [-0.4, -0.2) is 35.0 Å². The summed E-state index contributed by atoms with van der Waals surface area (Å²) in [5.74, 6) is 0.843. The molecular weight excluding hydrogens is 246 g/mol. The number of anilines is 2. The number of nitrogens with one attached hydrogen (secondary N) is 1. The van der Waals surface area contributed by atoms with Crippen molar-refractivity contribution in [2.75, 3.05) is 30.4 Å². The van der Waals surface area contributed by atoms with Crippen molar-refractivity contribution in [1.82, 2.24) is 9.97 Å². The summed E-state index contributed by atoms with van der Waals surface area (Å²) in [6, 6.07) is 0. The molecule has 1 aliphatic rings. The molecule has 0 unspecified atom stereocenters. The third-order valence-corrected chi connectivity index (χ3v) is 3.42. The first kappa shape index (κ1) is 13.5. The Labute approximate surface area is 112 Å². The zero-order valence-electron chi connectivity index (χ0n) is 11.7. The fourth-order valence-electron chi connectivity index (χ4n) is 2.39. The highest BCUT2D eigenvalue weighted by Crippen LogP contribution is 2.37. The van der Waals surface area contributed by atoms with Gasteiger partial charge in [0.2, 0.25) is 11.8 Å². The second kappa shape index (κ2) is 4.64. The van der Waals surface area contributed by atoms with Crippen molar-refractivity contribution < 1.29 is 4.92 Å². The Morgan fingerprint density at radius 2 is 2.11 bits per heavy atom. The largest absolute Gasteiger partial charge is 0.357 e. The second-order valence-corrected chi connectivity index (χ2v) is 5.65. The van der Waals surface area contributed by atoms with Gasteiger partial charge in [0.05, 0.1) is 4.92 Å². The number of hydrogen-bond donors (Lipinski definition) is 1. The van der Waals surface area contributed by atoms with E-state index in [2.05, 4.69) is 29.1 Å². The van der Waals surface area contributed by atoms with Gasteiger partial charge in [0.15, 0.2) is 0 Å². The lowest BCUT2D eigenvalue weighted by atomic mass is 9.93. The Bertz CT molecular complexity index is 515. The van der Waals surface area contributed by atoms with Gasteiger partial charge in [-0.25, -0.2) is 4.98 Å². The molecule has 0 saturated carbocycles. The lowest BCUT2D eigenvalue weighted by Gasteiger charge is -2.21. The van der Waals surface area contributed by atoms with Crippen LogP contribution in [0.2, 0.25) is 0 Å². The summed E-state index contributed by atoms with van der Waals surface area (Å²) in [6.07, 6.45) is 1.00. The molecule has 0 aromatic carbocycles. The average molecular weight is 265 g/mol. The maximum Gasteiger partial charge on any atom is 0.332 e. The van der Waals surface area contributed by atoms with Gasteiger partial charge in [0.25, 0.3) is 0 Å². The molecule has 104 valence electrons. The molecule has 0 aliphatic carbocycles. The molecule has 0 spiro atoms. The van der Waals surface area contributed by atoms with E-state index in [1.54, 1.807) is 14.0 Å². The van der Waals surface area contributed by atoms with E-state index < -0.39 is 4.92 Å². The minimum Gasteiger partial charge on any atom is -0.357 e. The van der Waals surface area contributed by atoms with Crippen LogP contribution in [0.3, 0.4) is 0 Å². The van der Waals surface area contributed by atoms with Crippen LogP contribution in [0.4, 0.5) is 17.5 Å². The Balaban J connectivity index is 2.48.